The Labute approximate surface area is 88.7 Å². The number of carbonyl (C=O) groups is 2. The summed E-state index contributed by atoms with van der Waals surface area (Å²) in [6, 6.07) is 5.52. The summed E-state index contributed by atoms with van der Waals surface area (Å²) >= 11 is 0. The normalized spacial score (nSPS) is 12.1. The van der Waals surface area contributed by atoms with E-state index in [0.29, 0.717) is 6.29 Å². The molecule has 0 fully saturated rings. The van der Waals surface area contributed by atoms with Gasteiger partial charge in [0.1, 0.15) is 6.29 Å². The Morgan fingerprint density at radius 2 is 2.13 bits per heavy atom. The molecule has 1 atom stereocenters. The lowest BCUT2D eigenvalue weighted by atomic mass is 9.90. The van der Waals surface area contributed by atoms with Crippen molar-refractivity contribution in [1.29, 1.82) is 0 Å². The van der Waals surface area contributed by atoms with Crippen molar-refractivity contribution in [3.8, 4) is 0 Å². The number of aliphatic carboxylic acids is 1. The van der Waals surface area contributed by atoms with E-state index in [4.69, 9.17) is 5.11 Å². The van der Waals surface area contributed by atoms with E-state index in [1.165, 1.54) is 0 Å². The Balaban J connectivity index is 3.16. The third kappa shape index (κ3) is 2.43. The fourth-order valence-corrected chi connectivity index (χ4v) is 1.61. The van der Waals surface area contributed by atoms with Gasteiger partial charge in [0, 0.05) is 6.42 Å². The van der Waals surface area contributed by atoms with Gasteiger partial charge in [-0.1, -0.05) is 18.2 Å². The van der Waals surface area contributed by atoms with E-state index < -0.39 is 11.9 Å². The van der Waals surface area contributed by atoms with Gasteiger partial charge < -0.3 is 9.90 Å². The molecule has 0 bridgehead atoms. The van der Waals surface area contributed by atoms with Crippen molar-refractivity contribution < 1.29 is 14.7 Å². The molecule has 0 saturated carbocycles. The molecule has 0 spiro atoms. The van der Waals surface area contributed by atoms with E-state index >= 15 is 0 Å². The predicted molar refractivity (Wildman–Crippen MR) is 57.0 cm³/mol. The highest BCUT2D eigenvalue weighted by Gasteiger charge is 2.21. The van der Waals surface area contributed by atoms with Crippen LogP contribution in [0.5, 0.6) is 0 Å². The largest absolute Gasteiger partial charge is 0.481 e. The summed E-state index contributed by atoms with van der Waals surface area (Å²) in [5.41, 5.74) is 2.73. The topological polar surface area (TPSA) is 54.4 Å². The van der Waals surface area contributed by atoms with Crippen LogP contribution in [0.15, 0.2) is 18.2 Å². The molecule has 80 valence electrons. The van der Waals surface area contributed by atoms with Gasteiger partial charge in [-0.3, -0.25) is 4.79 Å². The molecule has 1 rings (SSSR count). The molecule has 0 radical (unpaired) electrons. The van der Waals surface area contributed by atoms with Gasteiger partial charge in [0.05, 0.1) is 5.92 Å². The molecule has 0 aliphatic heterocycles. The number of carboxylic acid groups (broad SMARTS) is 1. The Bertz CT molecular complexity index is 382. The third-order valence-corrected chi connectivity index (χ3v) is 2.65. The Kier molecular flexibility index (Phi) is 3.61. The highest BCUT2D eigenvalue weighted by atomic mass is 16.4. The highest BCUT2D eigenvalue weighted by molar-refractivity contribution is 5.80. The van der Waals surface area contributed by atoms with Crippen LogP contribution in [0.1, 0.15) is 29.0 Å². The van der Waals surface area contributed by atoms with Crippen LogP contribution >= 0.6 is 0 Å². The van der Waals surface area contributed by atoms with Crippen molar-refractivity contribution in [3.05, 3.63) is 34.9 Å². The quantitative estimate of drug-likeness (QED) is 0.767. The number of hydrogen-bond donors (Lipinski definition) is 1. The first-order chi connectivity index (χ1) is 7.07. The second-order valence-corrected chi connectivity index (χ2v) is 3.58. The molecule has 1 aromatic rings. The number of carboxylic acids is 1. The van der Waals surface area contributed by atoms with Crippen LogP contribution in [0.2, 0.25) is 0 Å². The number of carbonyl (C=O) groups excluding carboxylic acids is 1. The van der Waals surface area contributed by atoms with E-state index in [1.807, 2.05) is 26.0 Å². The van der Waals surface area contributed by atoms with Crippen LogP contribution < -0.4 is 0 Å². The average Bonchev–Trinajstić information content (AvgIpc) is 2.19. The fraction of sp³-hybridized carbons (Fsp3) is 0.333. The minimum Gasteiger partial charge on any atom is -0.481 e. The number of aryl methyl sites for hydroxylation is 1. The molecule has 1 N–H and O–H groups in total. The third-order valence-electron chi connectivity index (χ3n) is 2.65. The maximum Gasteiger partial charge on any atom is 0.311 e. The van der Waals surface area contributed by atoms with Gasteiger partial charge in [-0.2, -0.15) is 0 Å². The molecule has 15 heavy (non-hydrogen) atoms. The lowest BCUT2D eigenvalue weighted by molar-refractivity contribution is -0.139. The SMILES string of the molecule is Cc1cccc(C(CC=O)C(=O)O)c1C. The lowest BCUT2D eigenvalue weighted by Crippen LogP contribution is -2.13. The van der Waals surface area contributed by atoms with Gasteiger partial charge in [0.2, 0.25) is 0 Å². The van der Waals surface area contributed by atoms with Crippen molar-refractivity contribution in [1.82, 2.24) is 0 Å². The summed E-state index contributed by atoms with van der Waals surface area (Å²) in [7, 11) is 0. The Hall–Kier alpha value is -1.64. The molecule has 3 heteroatoms. The monoisotopic (exact) mass is 206 g/mol. The zero-order valence-corrected chi connectivity index (χ0v) is 8.86. The first-order valence-corrected chi connectivity index (χ1v) is 4.80. The number of rotatable bonds is 4. The molecule has 0 aliphatic carbocycles. The van der Waals surface area contributed by atoms with Crippen LogP contribution in [0.3, 0.4) is 0 Å². The zero-order valence-electron chi connectivity index (χ0n) is 8.86. The van der Waals surface area contributed by atoms with Gasteiger partial charge in [-0.05, 0) is 30.5 Å². The first kappa shape index (κ1) is 11.4. The van der Waals surface area contributed by atoms with E-state index in [1.54, 1.807) is 6.07 Å². The van der Waals surface area contributed by atoms with Gasteiger partial charge in [0.25, 0.3) is 0 Å². The predicted octanol–water partition coefficient (Wildman–Crippen LogP) is 2.06. The molecular weight excluding hydrogens is 192 g/mol. The number of hydrogen-bond acceptors (Lipinski definition) is 2. The minimum absolute atomic E-state index is 0.0274. The van der Waals surface area contributed by atoms with Gasteiger partial charge >= 0.3 is 5.97 Å². The summed E-state index contributed by atoms with van der Waals surface area (Å²) in [5.74, 6) is -1.67. The number of benzene rings is 1. The van der Waals surface area contributed by atoms with Crippen molar-refractivity contribution in [2.45, 2.75) is 26.2 Å². The average molecular weight is 206 g/mol. The Morgan fingerprint density at radius 3 is 2.67 bits per heavy atom. The molecule has 0 aromatic heterocycles. The van der Waals surface area contributed by atoms with Crippen molar-refractivity contribution in [3.63, 3.8) is 0 Å². The molecule has 0 aliphatic rings. The van der Waals surface area contributed by atoms with Gasteiger partial charge in [0.15, 0.2) is 0 Å². The minimum atomic E-state index is -0.948. The molecule has 3 nitrogen and oxygen atoms in total. The highest BCUT2D eigenvalue weighted by Crippen LogP contribution is 2.24. The summed E-state index contributed by atoms with van der Waals surface area (Å²) in [6.45, 7) is 3.81. The summed E-state index contributed by atoms with van der Waals surface area (Å²) in [6.07, 6.45) is 0.681. The number of aldehydes is 1. The standard InChI is InChI=1S/C12H14O3/c1-8-4-3-5-10(9(8)2)11(6-7-13)12(14)15/h3-5,7,11H,6H2,1-2H3,(H,14,15). The second-order valence-electron chi connectivity index (χ2n) is 3.58. The molecule has 1 unspecified atom stereocenters. The second kappa shape index (κ2) is 4.73. The van der Waals surface area contributed by atoms with E-state index in [9.17, 15) is 9.59 Å². The summed E-state index contributed by atoms with van der Waals surface area (Å²) in [4.78, 5) is 21.4. The van der Waals surface area contributed by atoms with Gasteiger partial charge in [-0.25, -0.2) is 0 Å². The molecular formula is C12H14O3. The van der Waals surface area contributed by atoms with E-state index in [2.05, 4.69) is 0 Å². The van der Waals surface area contributed by atoms with Crippen LogP contribution in [-0.2, 0) is 9.59 Å². The van der Waals surface area contributed by atoms with Crippen LogP contribution in [0.25, 0.3) is 0 Å². The van der Waals surface area contributed by atoms with Crippen LogP contribution in [0, 0.1) is 13.8 Å². The molecule has 0 saturated heterocycles. The van der Waals surface area contributed by atoms with Gasteiger partial charge in [-0.15, -0.1) is 0 Å². The zero-order chi connectivity index (χ0) is 11.4. The van der Waals surface area contributed by atoms with E-state index in [0.717, 1.165) is 16.7 Å². The lowest BCUT2D eigenvalue weighted by Gasteiger charge is -2.14. The smallest absolute Gasteiger partial charge is 0.311 e. The Morgan fingerprint density at radius 1 is 1.47 bits per heavy atom. The maximum atomic E-state index is 11.0. The van der Waals surface area contributed by atoms with Crippen LogP contribution in [-0.4, -0.2) is 17.4 Å². The molecule has 0 amide bonds. The van der Waals surface area contributed by atoms with Crippen molar-refractivity contribution >= 4 is 12.3 Å². The maximum absolute atomic E-state index is 11.0. The first-order valence-electron chi connectivity index (χ1n) is 4.80. The summed E-state index contributed by atoms with van der Waals surface area (Å²) in [5, 5.41) is 9.01. The molecule has 1 aromatic carbocycles. The fourth-order valence-electron chi connectivity index (χ4n) is 1.61. The van der Waals surface area contributed by atoms with E-state index in [-0.39, 0.29) is 6.42 Å². The van der Waals surface area contributed by atoms with Crippen LogP contribution in [0.4, 0.5) is 0 Å². The molecule has 0 heterocycles. The van der Waals surface area contributed by atoms with Crippen molar-refractivity contribution in [2.24, 2.45) is 0 Å². The van der Waals surface area contributed by atoms with Crippen molar-refractivity contribution in [2.75, 3.05) is 0 Å². The summed E-state index contributed by atoms with van der Waals surface area (Å²) < 4.78 is 0.